The third-order valence-corrected chi connectivity index (χ3v) is 2.63. The van der Waals surface area contributed by atoms with E-state index in [2.05, 4.69) is 0 Å². The highest BCUT2D eigenvalue weighted by Crippen LogP contribution is 2.32. The van der Waals surface area contributed by atoms with Crippen molar-refractivity contribution in [3.8, 4) is 5.75 Å². The van der Waals surface area contributed by atoms with Crippen LogP contribution in [-0.2, 0) is 4.79 Å². The van der Waals surface area contributed by atoms with Crippen LogP contribution in [0.25, 0.3) is 0 Å². The molecule has 1 N–H and O–H groups in total. The van der Waals surface area contributed by atoms with Gasteiger partial charge in [0.15, 0.2) is 0 Å². The lowest BCUT2D eigenvalue weighted by Gasteiger charge is -2.20. The average molecular weight is 206 g/mol. The Balaban J connectivity index is 3.10. The molecule has 0 fully saturated rings. The fourth-order valence-corrected chi connectivity index (χ4v) is 1.87. The van der Waals surface area contributed by atoms with Crippen molar-refractivity contribution in [2.24, 2.45) is 5.92 Å². The van der Waals surface area contributed by atoms with Crippen molar-refractivity contribution in [3.05, 3.63) is 29.8 Å². The van der Waals surface area contributed by atoms with Crippen LogP contribution in [0.15, 0.2) is 24.3 Å². The van der Waals surface area contributed by atoms with Crippen LogP contribution in [0.1, 0.15) is 38.7 Å². The fraction of sp³-hybridized carbons (Fsp3) is 0.462. The van der Waals surface area contributed by atoms with Crippen LogP contribution in [0.4, 0.5) is 0 Å². The third kappa shape index (κ3) is 2.58. The average Bonchev–Trinajstić information content (AvgIpc) is 2.20. The molecule has 1 atom stereocenters. The molecule has 0 aliphatic carbocycles. The second-order valence-electron chi connectivity index (χ2n) is 4.10. The van der Waals surface area contributed by atoms with Gasteiger partial charge in [-0.05, 0) is 12.0 Å². The number of ketones is 1. The van der Waals surface area contributed by atoms with E-state index in [0.29, 0.717) is 6.42 Å². The quantitative estimate of drug-likeness (QED) is 0.821. The Morgan fingerprint density at radius 3 is 2.40 bits per heavy atom. The highest BCUT2D eigenvalue weighted by Gasteiger charge is 2.24. The number of Topliss-reactive ketones (excluding diaryl/α,β-unsaturated/α-hetero) is 1. The Morgan fingerprint density at radius 2 is 1.93 bits per heavy atom. The molecule has 0 bridgehead atoms. The van der Waals surface area contributed by atoms with E-state index in [1.54, 1.807) is 12.1 Å². The normalized spacial score (nSPS) is 12.8. The van der Waals surface area contributed by atoms with Gasteiger partial charge < -0.3 is 5.11 Å². The Hall–Kier alpha value is -1.31. The Morgan fingerprint density at radius 1 is 1.33 bits per heavy atom. The number of hydrogen-bond acceptors (Lipinski definition) is 2. The molecule has 0 aromatic heterocycles. The lowest BCUT2D eigenvalue weighted by atomic mass is 9.83. The number of phenols is 1. The maximum absolute atomic E-state index is 11.8. The van der Waals surface area contributed by atoms with E-state index in [9.17, 15) is 9.90 Å². The van der Waals surface area contributed by atoms with Gasteiger partial charge in [0.2, 0.25) is 0 Å². The first-order valence-corrected chi connectivity index (χ1v) is 5.38. The summed E-state index contributed by atoms with van der Waals surface area (Å²) in [5.41, 5.74) is 0.749. The van der Waals surface area contributed by atoms with E-state index in [0.717, 1.165) is 5.56 Å². The highest BCUT2D eigenvalue weighted by molar-refractivity contribution is 5.86. The molecule has 15 heavy (non-hydrogen) atoms. The molecule has 1 aromatic carbocycles. The molecule has 0 heterocycles. The van der Waals surface area contributed by atoms with Crippen LogP contribution >= 0.6 is 0 Å². The lowest BCUT2D eigenvalue weighted by Crippen LogP contribution is -2.17. The monoisotopic (exact) mass is 206 g/mol. The van der Waals surface area contributed by atoms with E-state index in [1.165, 1.54) is 0 Å². The summed E-state index contributed by atoms with van der Waals surface area (Å²) < 4.78 is 0. The van der Waals surface area contributed by atoms with Gasteiger partial charge in [-0.2, -0.15) is 0 Å². The van der Waals surface area contributed by atoms with E-state index >= 15 is 0 Å². The van der Waals surface area contributed by atoms with Crippen LogP contribution in [0.5, 0.6) is 5.75 Å². The SMILES string of the molecule is CCC(=O)C(c1ccccc1O)C(C)C. The van der Waals surface area contributed by atoms with E-state index < -0.39 is 0 Å². The van der Waals surface area contributed by atoms with Gasteiger partial charge in [0.05, 0.1) is 0 Å². The number of rotatable bonds is 4. The molecule has 0 spiro atoms. The van der Waals surface area contributed by atoms with Crippen LogP contribution in [0.2, 0.25) is 0 Å². The minimum Gasteiger partial charge on any atom is -0.508 e. The van der Waals surface area contributed by atoms with Crippen molar-refractivity contribution in [2.75, 3.05) is 0 Å². The predicted molar refractivity (Wildman–Crippen MR) is 61.0 cm³/mol. The first-order chi connectivity index (χ1) is 7.07. The molecule has 0 aliphatic rings. The minimum atomic E-state index is -0.184. The van der Waals surface area contributed by atoms with Crippen molar-refractivity contribution in [1.29, 1.82) is 0 Å². The summed E-state index contributed by atoms with van der Waals surface area (Å²) >= 11 is 0. The molecule has 1 rings (SSSR count). The Kier molecular flexibility index (Phi) is 3.89. The molecule has 2 heteroatoms. The molecule has 0 radical (unpaired) electrons. The number of para-hydroxylation sites is 1. The van der Waals surface area contributed by atoms with Gasteiger partial charge in [-0.3, -0.25) is 4.79 Å². The van der Waals surface area contributed by atoms with Gasteiger partial charge in [-0.1, -0.05) is 39.0 Å². The number of hydrogen-bond donors (Lipinski definition) is 1. The first-order valence-electron chi connectivity index (χ1n) is 5.38. The summed E-state index contributed by atoms with van der Waals surface area (Å²) in [7, 11) is 0. The maximum atomic E-state index is 11.8. The first kappa shape index (κ1) is 11.8. The molecular weight excluding hydrogens is 188 g/mol. The van der Waals surface area contributed by atoms with E-state index in [-0.39, 0.29) is 23.4 Å². The molecule has 0 saturated carbocycles. The van der Waals surface area contributed by atoms with Crippen molar-refractivity contribution >= 4 is 5.78 Å². The van der Waals surface area contributed by atoms with Crippen molar-refractivity contribution in [1.82, 2.24) is 0 Å². The molecule has 1 aromatic rings. The summed E-state index contributed by atoms with van der Waals surface area (Å²) in [5, 5.41) is 9.72. The maximum Gasteiger partial charge on any atom is 0.140 e. The number of phenolic OH excluding ortho intramolecular Hbond substituents is 1. The van der Waals surface area contributed by atoms with Gasteiger partial charge >= 0.3 is 0 Å². The fourth-order valence-electron chi connectivity index (χ4n) is 1.87. The molecule has 0 amide bonds. The van der Waals surface area contributed by atoms with Gasteiger partial charge in [0, 0.05) is 17.9 Å². The number of carbonyl (C=O) groups excluding carboxylic acids is 1. The van der Waals surface area contributed by atoms with Gasteiger partial charge in [0.1, 0.15) is 11.5 Å². The molecule has 0 saturated heterocycles. The number of aromatic hydroxyl groups is 1. The summed E-state index contributed by atoms with van der Waals surface area (Å²) in [4.78, 5) is 11.8. The van der Waals surface area contributed by atoms with Crippen LogP contribution in [0.3, 0.4) is 0 Å². The van der Waals surface area contributed by atoms with E-state index in [1.807, 2.05) is 32.9 Å². The Bertz CT molecular complexity index is 342. The summed E-state index contributed by atoms with van der Waals surface area (Å²) in [5.74, 6) is 0.437. The molecular formula is C13H18O2. The second-order valence-corrected chi connectivity index (χ2v) is 4.10. The van der Waals surface area contributed by atoms with Gasteiger partial charge in [-0.15, -0.1) is 0 Å². The standard InChI is InChI=1S/C13H18O2/c1-4-11(14)13(9(2)3)10-7-5-6-8-12(10)15/h5-9,13,15H,4H2,1-3H3. The summed E-state index contributed by atoms with van der Waals surface area (Å²) in [6.07, 6.45) is 0.511. The smallest absolute Gasteiger partial charge is 0.140 e. The number of carbonyl (C=O) groups is 1. The third-order valence-electron chi connectivity index (χ3n) is 2.63. The lowest BCUT2D eigenvalue weighted by molar-refractivity contribution is -0.121. The summed E-state index contributed by atoms with van der Waals surface area (Å²) in [6.45, 7) is 5.87. The minimum absolute atomic E-state index is 0.184. The Labute approximate surface area is 90.9 Å². The van der Waals surface area contributed by atoms with Gasteiger partial charge in [-0.25, -0.2) is 0 Å². The molecule has 82 valence electrons. The predicted octanol–water partition coefficient (Wildman–Crippen LogP) is 3.11. The zero-order valence-corrected chi connectivity index (χ0v) is 9.53. The second kappa shape index (κ2) is 4.96. The molecule has 0 aliphatic heterocycles. The van der Waals surface area contributed by atoms with Gasteiger partial charge in [0.25, 0.3) is 0 Å². The zero-order chi connectivity index (χ0) is 11.4. The van der Waals surface area contributed by atoms with Crippen molar-refractivity contribution in [2.45, 2.75) is 33.1 Å². The van der Waals surface area contributed by atoms with E-state index in [4.69, 9.17) is 0 Å². The largest absolute Gasteiger partial charge is 0.508 e. The molecule has 2 nitrogen and oxygen atoms in total. The van der Waals surface area contributed by atoms with Crippen molar-refractivity contribution in [3.63, 3.8) is 0 Å². The van der Waals surface area contributed by atoms with Crippen LogP contribution in [0, 0.1) is 5.92 Å². The highest BCUT2D eigenvalue weighted by atomic mass is 16.3. The summed E-state index contributed by atoms with van der Waals surface area (Å²) in [6, 6.07) is 7.08. The van der Waals surface area contributed by atoms with Crippen LogP contribution < -0.4 is 0 Å². The zero-order valence-electron chi connectivity index (χ0n) is 9.53. The van der Waals surface area contributed by atoms with Crippen LogP contribution in [-0.4, -0.2) is 10.9 Å². The topological polar surface area (TPSA) is 37.3 Å². The van der Waals surface area contributed by atoms with Crippen molar-refractivity contribution < 1.29 is 9.90 Å². The number of benzene rings is 1. The molecule has 1 unspecified atom stereocenters.